The Bertz CT molecular complexity index is 185. The minimum atomic E-state index is 0.756. The summed E-state index contributed by atoms with van der Waals surface area (Å²) in [5, 5.41) is 3.59. The lowest BCUT2D eigenvalue weighted by atomic mass is 10.2. The Hall–Kier alpha value is -0.120. The van der Waals surface area contributed by atoms with Crippen LogP contribution in [-0.2, 0) is 4.74 Å². The number of likely N-dealkylation sites (tertiary alicyclic amines) is 1. The molecule has 1 saturated heterocycles. The van der Waals surface area contributed by atoms with Crippen LogP contribution in [0, 0.1) is 5.92 Å². The van der Waals surface area contributed by atoms with Gasteiger partial charge in [0, 0.05) is 26.3 Å². The van der Waals surface area contributed by atoms with Crippen LogP contribution in [0.4, 0.5) is 0 Å². The second-order valence-corrected chi connectivity index (χ2v) is 5.58. The predicted octanol–water partition coefficient (Wildman–Crippen LogP) is 2.12. The van der Waals surface area contributed by atoms with Crippen molar-refractivity contribution in [2.45, 2.75) is 45.6 Å². The highest BCUT2D eigenvalue weighted by Crippen LogP contribution is 2.17. The molecule has 1 unspecified atom stereocenters. The maximum atomic E-state index is 5.09. The lowest BCUT2D eigenvalue weighted by molar-refractivity contribution is 0.180. The Kier molecular flexibility index (Phi) is 7.82. The van der Waals surface area contributed by atoms with E-state index in [1.807, 2.05) is 0 Å². The highest BCUT2D eigenvalue weighted by Gasteiger charge is 2.23. The van der Waals surface area contributed by atoms with Crippen molar-refractivity contribution in [3.63, 3.8) is 0 Å². The van der Waals surface area contributed by atoms with Crippen molar-refractivity contribution in [3.8, 4) is 0 Å². The first kappa shape index (κ1) is 14.9. The molecule has 0 amide bonds. The first-order chi connectivity index (χ1) is 8.24. The van der Waals surface area contributed by atoms with E-state index in [0.29, 0.717) is 0 Å². The number of rotatable bonds is 9. The summed E-state index contributed by atoms with van der Waals surface area (Å²) in [4.78, 5) is 2.66. The van der Waals surface area contributed by atoms with Gasteiger partial charge in [0.15, 0.2) is 0 Å². The predicted molar refractivity (Wildman–Crippen MR) is 73.4 cm³/mol. The summed E-state index contributed by atoms with van der Waals surface area (Å²) in [6.07, 6.45) is 5.21. The van der Waals surface area contributed by atoms with Gasteiger partial charge in [-0.05, 0) is 51.2 Å². The molecular formula is C14H30N2O. The molecule has 0 aromatic carbocycles. The normalized spacial score (nSPS) is 21.5. The molecule has 0 radical (unpaired) electrons. The van der Waals surface area contributed by atoms with Crippen LogP contribution in [-0.4, -0.2) is 50.8 Å². The second-order valence-electron chi connectivity index (χ2n) is 5.58. The third-order valence-electron chi connectivity index (χ3n) is 3.48. The first-order valence-electron chi connectivity index (χ1n) is 7.17. The Labute approximate surface area is 107 Å². The highest BCUT2D eigenvalue weighted by atomic mass is 16.5. The fourth-order valence-corrected chi connectivity index (χ4v) is 2.52. The summed E-state index contributed by atoms with van der Waals surface area (Å²) in [5.74, 6) is 0.756. The van der Waals surface area contributed by atoms with Crippen molar-refractivity contribution >= 4 is 0 Å². The number of hydrogen-bond donors (Lipinski definition) is 1. The molecule has 1 rings (SSSR count). The van der Waals surface area contributed by atoms with Crippen molar-refractivity contribution in [2.24, 2.45) is 5.92 Å². The zero-order chi connectivity index (χ0) is 12.5. The van der Waals surface area contributed by atoms with Gasteiger partial charge in [0.25, 0.3) is 0 Å². The van der Waals surface area contributed by atoms with Crippen LogP contribution in [0.25, 0.3) is 0 Å². The molecule has 17 heavy (non-hydrogen) atoms. The molecule has 1 aliphatic heterocycles. The highest BCUT2D eigenvalue weighted by molar-refractivity contribution is 4.80. The lowest BCUT2D eigenvalue weighted by Gasteiger charge is -2.25. The zero-order valence-corrected chi connectivity index (χ0v) is 11.9. The molecule has 0 saturated carbocycles. The van der Waals surface area contributed by atoms with E-state index in [1.165, 1.54) is 45.3 Å². The van der Waals surface area contributed by atoms with Gasteiger partial charge in [-0.25, -0.2) is 0 Å². The van der Waals surface area contributed by atoms with Crippen molar-refractivity contribution in [1.82, 2.24) is 10.2 Å². The largest absolute Gasteiger partial charge is 0.385 e. The Balaban J connectivity index is 2.10. The summed E-state index contributed by atoms with van der Waals surface area (Å²) >= 11 is 0. The molecular weight excluding hydrogens is 212 g/mol. The second kappa shape index (κ2) is 8.90. The Morgan fingerprint density at radius 2 is 2.18 bits per heavy atom. The molecule has 1 heterocycles. The van der Waals surface area contributed by atoms with Crippen molar-refractivity contribution in [2.75, 3.05) is 39.9 Å². The van der Waals surface area contributed by atoms with E-state index >= 15 is 0 Å². The van der Waals surface area contributed by atoms with Crippen LogP contribution in [0.1, 0.15) is 39.5 Å². The minimum Gasteiger partial charge on any atom is -0.385 e. The molecule has 1 N–H and O–H groups in total. The number of nitrogens with zero attached hydrogens (tertiary/aromatic N) is 1. The quantitative estimate of drug-likeness (QED) is 0.627. The van der Waals surface area contributed by atoms with E-state index in [1.54, 1.807) is 7.11 Å². The number of ether oxygens (including phenoxy) is 1. The topological polar surface area (TPSA) is 24.5 Å². The van der Waals surface area contributed by atoms with Crippen molar-refractivity contribution in [1.29, 1.82) is 0 Å². The van der Waals surface area contributed by atoms with Crippen molar-refractivity contribution in [3.05, 3.63) is 0 Å². The van der Waals surface area contributed by atoms with E-state index in [-0.39, 0.29) is 0 Å². The molecule has 1 atom stereocenters. The van der Waals surface area contributed by atoms with E-state index in [0.717, 1.165) is 25.1 Å². The summed E-state index contributed by atoms with van der Waals surface area (Å²) in [6.45, 7) is 10.3. The van der Waals surface area contributed by atoms with E-state index < -0.39 is 0 Å². The van der Waals surface area contributed by atoms with Gasteiger partial charge in [0.2, 0.25) is 0 Å². The van der Waals surface area contributed by atoms with Gasteiger partial charge in [0.1, 0.15) is 0 Å². The van der Waals surface area contributed by atoms with Crippen LogP contribution in [0.2, 0.25) is 0 Å². The molecule has 1 aliphatic rings. The average molecular weight is 242 g/mol. The molecule has 3 nitrogen and oxygen atoms in total. The Morgan fingerprint density at radius 1 is 1.35 bits per heavy atom. The molecule has 0 aliphatic carbocycles. The molecule has 1 fully saturated rings. The van der Waals surface area contributed by atoms with Crippen LogP contribution in [0.3, 0.4) is 0 Å². The van der Waals surface area contributed by atoms with Gasteiger partial charge in [0.05, 0.1) is 0 Å². The summed E-state index contributed by atoms with van der Waals surface area (Å²) < 4.78 is 5.09. The number of hydrogen-bond acceptors (Lipinski definition) is 3. The van der Waals surface area contributed by atoms with Crippen molar-refractivity contribution < 1.29 is 4.74 Å². The lowest BCUT2D eigenvalue weighted by Crippen LogP contribution is -2.39. The fraction of sp³-hybridized carbons (Fsp3) is 1.00. The van der Waals surface area contributed by atoms with Crippen LogP contribution in [0.5, 0.6) is 0 Å². The third-order valence-corrected chi connectivity index (χ3v) is 3.48. The smallest absolute Gasteiger partial charge is 0.0462 e. The van der Waals surface area contributed by atoms with Gasteiger partial charge >= 0.3 is 0 Å². The summed E-state index contributed by atoms with van der Waals surface area (Å²) in [5.41, 5.74) is 0. The molecule has 3 heteroatoms. The average Bonchev–Trinajstić information content (AvgIpc) is 2.72. The maximum Gasteiger partial charge on any atom is 0.0462 e. The molecule has 0 bridgehead atoms. The molecule has 102 valence electrons. The maximum absolute atomic E-state index is 5.09. The summed E-state index contributed by atoms with van der Waals surface area (Å²) in [7, 11) is 1.79. The van der Waals surface area contributed by atoms with E-state index in [9.17, 15) is 0 Å². The van der Waals surface area contributed by atoms with Gasteiger partial charge in [-0.2, -0.15) is 0 Å². The number of nitrogens with one attached hydrogen (secondary N) is 1. The molecule has 0 aromatic rings. The molecule has 0 spiro atoms. The monoisotopic (exact) mass is 242 g/mol. The Morgan fingerprint density at radius 3 is 2.88 bits per heavy atom. The van der Waals surface area contributed by atoms with E-state index in [4.69, 9.17) is 4.74 Å². The third kappa shape index (κ3) is 6.39. The standard InChI is InChI=1S/C14H30N2O/c1-13(2)11-15-12-14-7-6-9-16(14)8-4-5-10-17-3/h13-15H,4-12H2,1-3H3. The minimum absolute atomic E-state index is 0.756. The van der Waals surface area contributed by atoms with Gasteiger partial charge in [-0.1, -0.05) is 13.8 Å². The van der Waals surface area contributed by atoms with Gasteiger partial charge < -0.3 is 10.1 Å². The number of methoxy groups -OCH3 is 1. The molecule has 0 aromatic heterocycles. The number of unbranched alkanes of at least 4 members (excludes halogenated alkanes) is 1. The van der Waals surface area contributed by atoms with Gasteiger partial charge in [-0.3, -0.25) is 4.90 Å². The fourth-order valence-electron chi connectivity index (χ4n) is 2.52. The van der Waals surface area contributed by atoms with Crippen LogP contribution < -0.4 is 5.32 Å². The first-order valence-corrected chi connectivity index (χ1v) is 7.17. The van der Waals surface area contributed by atoms with Crippen LogP contribution >= 0.6 is 0 Å². The van der Waals surface area contributed by atoms with E-state index in [2.05, 4.69) is 24.1 Å². The van der Waals surface area contributed by atoms with Crippen LogP contribution in [0.15, 0.2) is 0 Å². The SMILES string of the molecule is COCCCCN1CCCC1CNCC(C)C. The van der Waals surface area contributed by atoms with Gasteiger partial charge in [-0.15, -0.1) is 0 Å². The zero-order valence-electron chi connectivity index (χ0n) is 11.9. The summed E-state index contributed by atoms with van der Waals surface area (Å²) in [6, 6.07) is 0.774.